The molecule has 0 bridgehead atoms. The molecule has 2 aliphatic rings. The SMILES string of the molecule is CCc1ccccc1-c1cc(N(c2ccc(C3=CCCC=C3)cc2)c2ccc(C3=Nc4ccccc4NC3c3ccc(C)cc3)cc2)ccc1C. The first-order valence-electron chi connectivity index (χ1n) is 18.1. The Bertz CT molecular complexity index is 2270. The molecule has 0 saturated carbocycles. The topological polar surface area (TPSA) is 27.6 Å². The van der Waals surface area contributed by atoms with Crippen molar-refractivity contribution in [3.05, 3.63) is 191 Å². The zero-order valence-corrected chi connectivity index (χ0v) is 29.6. The zero-order valence-electron chi connectivity index (χ0n) is 29.6. The maximum atomic E-state index is 5.24. The van der Waals surface area contributed by atoms with E-state index in [0.717, 1.165) is 59.0 Å². The van der Waals surface area contributed by atoms with Gasteiger partial charge in [0.05, 0.1) is 23.1 Å². The Kier molecular flexibility index (Phi) is 8.94. The van der Waals surface area contributed by atoms with Crippen LogP contribution < -0.4 is 10.2 Å². The van der Waals surface area contributed by atoms with Crippen molar-refractivity contribution in [2.75, 3.05) is 10.2 Å². The number of hydrogen-bond acceptors (Lipinski definition) is 3. The largest absolute Gasteiger partial charge is 0.371 e. The third kappa shape index (κ3) is 6.56. The van der Waals surface area contributed by atoms with Crippen molar-refractivity contribution in [2.24, 2.45) is 4.99 Å². The number of rotatable bonds is 8. The Morgan fingerprint density at radius 1 is 0.667 bits per heavy atom. The van der Waals surface area contributed by atoms with E-state index in [-0.39, 0.29) is 6.04 Å². The van der Waals surface area contributed by atoms with E-state index < -0.39 is 0 Å². The second-order valence-corrected chi connectivity index (χ2v) is 13.6. The predicted molar refractivity (Wildman–Crippen MR) is 217 cm³/mol. The summed E-state index contributed by atoms with van der Waals surface area (Å²) in [4.78, 5) is 7.62. The van der Waals surface area contributed by atoms with Gasteiger partial charge in [-0.15, -0.1) is 0 Å². The summed E-state index contributed by atoms with van der Waals surface area (Å²) in [6, 6.07) is 50.6. The van der Waals surface area contributed by atoms with Crippen molar-refractivity contribution >= 4 is 39.7 Å². The number of aliphatic imine (C=N–C) groups is 1. The fraction of sp³-hybridized carbons (Fsp3) is 0.146. The number of hydrogen-bond donors (Lipinski definition) is 1. The van der Waals surface area contributed by atoms with Crippen LogP contribution in [-0.4, -0.2) is 5.71 Å². The maximum Gasteiger partial charge on any atom is 0.0947 e. The van der Waals surface area contributed by atoms with Crippen LogP contribution in [0.15, 0.2) is 163 Å². The monoisotopic (exact) mass is 661 g/mol. The van der Waals surface area contributed by atoms with Crippen LogP contribution in [0.3, 0.4) is 0 Å². The summed E-state index contributed by atoms with van der Waals surface area (Å²) < 4.78 is 0. The van der Waals surface area contributed by atoms with Crippen LogP contribution in [0, 0.1) is 13.8 Å². The quantitative estimate of drug-likeness (QED) is 0.176. The fourth-order valence-electron chi connectivity index (χ4n) is 7.33. The van der Waals surface area contributed by atoms with Gasteiger partial charge in [0.2, 0.25) is 0 Å². The van der Waals surface area contributed by atoms with E-state index >= 15 is 0 Å². The van der Waals surface area contributed by atoms with Gasteiger partial charge < -0.3 is 10.2 Å². The average molecular weight is 662 g/mol. The number of para-hydroxylation sites is 2. The van der Waals surface area contributed by atoms with Crippen LogP contribution in [-0.2, 0) is 6.42 Å². The minimum Gasteiger partial charge on any atom is -0.371 e. The van der Waals surface area contributed by atoms with Gasteiger partial charge >= 0.3 is 0 Å². The van der Waals surface area contributed by atoms with E-state index in [1.807, 2.05) is 0 Å². The van der Waals surface area contributed by atoms with Crippen LogP contribution in [0.2, 0.25) is 0 Å². The summed E-state index contributed by atoms with van der Waals surface area (Å²) in [5, 5.41) is 3.79. The normalized spacial score (nSPS) is 15.0. The van der Waals surface area contributed by atoms with Gasteiger partial charge in [0.15, 0.2) is 0 Å². The molecule has 0 amide bonds. The van der Waals surface area contributed by atoms with E-state index in [0.29, 0.717) is 0 Å². The van der Waals surface area contributed by atoms with Gasteiger partial charge in [-0.25, -0.2) is 4.99 Å². The number of anilines is 4. The first-order valence-corrected chi connectivity index (χ1v) is 18.1. The average Bonchev–Trinajstić information content (AvgIpc) is 3.19. The molecule has 1 heterocycles. The number of fused-ring (bicyclic) bond motifs is 1. The second-order valence-electron chi connectivity index (χ2n) is 13.6. The van der Waals surface area contributed by atoms with E-state index in [2.05, 4.69) is 189 Å². The third-order valence-electron chi connectivity index (χ3n) is 10.2. The molecule has 3 nitrogen and oxygen atoms in total. The van der Waals surface area contributed by atoms with Crippen molar-refractivity contribution < 1.29 is 0 Å². The molecule has 51 heavy (non-hydrogen) atoms. The summed E-state index contributed by atoms with van der Waals surface area (Å²) in [6.07, 6.45) is 10.1. The van der Waals surface area contributed by atoms with Gasteiger partial charge in [0.1, 0.15) is 0 Å². The Morgan fingerprint density at radius 2 is 1.35 bits per heavy atom. The van der Waals surface area contributed by atoms with E-state index in [9.17, 15) is 0 Å². The molecule has 1 N–H and O–H groups in total. The Balaban J connectivity index is 1.22. The highest BCUT2D eigenvalue weighted by Gasteiger charge is 2.26. The molecule has 1 atom stereocenters. The van der Waals surface area contributed by atoms with Crippen LogP contribution in [0.4, 0.5) is 28.4 Å². The summed E-state index contributed by atoms with van der Waals surface area (Å²) in [5.74, 6) is 0. The van der Waals surface area contributed by atoms with Gasteiger partial charge in [-0.2, -0.15) is 0 Å². The zero-order chi connectivity index (χ0) is 34.7. The molecule has 6 aromatic rings. The van der Waals surface area contributed by atoms with E-state index in [1.54, 1.807) is 0 Å². The van der Waals surface area contributed by atoms with Crippen molar-refractivity contribution in [3.63, 3.8) is 0 Å². The van der Waals surface area contributed by atoms with Crippen LogP contribution >= 0.6 is 0 Å². The second kappa shape index (κ2) is 14.1. The standard InChI is InChI=1S/C48H43N3/c1-4-35-12-8-9-15-43(35)44-32-42(27-20-34(44)3)51(40-28-23-37(24-29-40)36-13-6-5-7-14-36)41-30-25-39(26-31-41)48-47(38-21-18-33(2)19-22-38)49-45-16-10-11-17-46(45)50-48/h6,8-32,47,49H,4-5,7H2,1-3H3. The molecule has 1 unspecified atom stereocenters. The van der Waals surface area contributed by atoms with Crippen molar-refractivity contribution in [3.8, 4) is 11.1 Å². The number of nitrogens with zero attached hydrogens (tertiary/aromatic N) is 2. The minimum absolute atomic E-state index is 0.0589. The third-order valence-corrected chi connectivity index (χ3v) is 10.2. The molecular formula is C48H43N3. The van der Waals surface area contributed by atoms with Crippen molar-refractivity contribution in [1.82, 2.24) is 0 Å². The minimum atomic E-state index is -0.0589. The van der Waals surface area contributed by atoms with Gasteiger partial charge in [0.25, 0.3) is 0 Å². The van der Waals surface area contributed by atoms with Gasteiger partial charge in [-0.3, -0.25) is 0 Å². The van der Waals surface area contributed by atoms with Gasteiger partial charge in [-0.05, 0) is 126 Å². The molecule has 0 aromatic heterocycles. The molecule has 3 heteroatoms. The molecule has 0 fully saturated rings. The van der Waals surface area contributed by atoms with Gasteiger partial charge in [0, 0.05) is 17.1 Å². The fourth-order valence-corrected chi connectivity index (χ4v) is 7.33. The van der Waals surface area contributed by atoms with Crippen LogP contribution in [0.25, 0.3) is 16.7 Å². The summed E-state index contributed by atoms with van der Waals surface area (Å²) in [7, 11) is 0. The van der Waals surface area contributed by atoms with Gasteiger partial charge in [-0.1, -0.05) is 122 Å². The lowest BCUT2D eigenvalue weighted by Gasteiger charge is -2.29. The smallest absolute Gasteiger partial charge is 0.0947 e. The molecule has 1 aliphatic heterocycles. The number of allylic oxidation sites excluding steroid dienone is 4. The molecule has 6 aromatic carbocycles. The highest BCUT2D eigenvalue weighted by atomic mass is 15.1. The lowest BCUT2D eigenvalue weighted by molar-refractivity contribution is 1.01. The number of benzene rings is 6. The number of nitrogens with one attached hydrogen (secondary N) is 1. The molecular weight excluding hydrogens is 619 g/mol. The first kappa shape index (κ1) is 32.3. The van der Waals surface area contributed by atoms with Crippen LogP contribution in [0.1, 0.15) is 59.2 Å². The predicted octanol–water partition coefficient (Wildman–Crippen LogP) is 13.0. The molecule has 1 aliphatic carbocycles. The van der Waals surface area contributed by atoms with Crippen LogP contribution in [0.5, 0.6) is 0 Å². The Labute approximate surface area is 302 Å². The lowest BCUT2D eigenvalue weighted by atomic mass is 9.93. The van der Waals surface area contributed by atoms with E-state index in [4.69, 9.17) is 4.99 Å². The molecule has 0 spiro atoms. The highest BCUT2D eigenvalue weighted by molar-refractivity contribution is 6.10. The Morgan fingerprint density at radius 3 is 2.08 bits per heavy atom. The summed E-state index contributed by atoms with van der Waals surface area (Å²) in [5.41, 5.74) is 17.6. The molecule has 0 radical (unpaired) electrons. The highest BCUT2D eigenvalue weighted by Crippen LogP contribution is 2.41. The summed E-state index contributed by atoms with van der Waals surface area (Å²) in [6.45, 7) is 6.58. The van der Waals surface area contributed by atoms with E-state index in [1.165, 1.54) is 44.5 Å². The number of aryl methyl sites for hydroxylation is 3. The maximum absolute atomic E-state index is 5.24. The first-order chi connectivity index (χ1) is 25.1. The molecule has 8 rings (SSSR count). The Hall–Kier alpha value is -5.93. The summed E-state index contributed by atoms with van der Waals surface area (Å²) >= 11 is 0. The molecule has 0 saturated heterocycles. The van der Waals surface area contributed by atoms with Crippen molar-refractivity contribution in [1.29, 1.82) is 0 Å². The molecule has 250 valence electrons. The van der Waals surface area contributed by atoms with Crippen molar-refractivity contribution in [2.45, 2.75) is 46.1 Å². The lowest BCUT2D eigenvalue weighted by Crippen LogP contribution is -2.25.